The van der Waals surface area contributed by atoms with Crippen LogP contribution in [0.4, 0.5) is 0 Å². The third-order valence-electron chi connectivity index (χ3n) is 2.09. The maximum absolute atomic E-state index is 12.7. The Balaban J connectivity index is 4.41. The van der Waals surface area contributed by atoms with Gasteiger partial charge in [-0.25, -0.2) is 0 Å². The molecule has 0 aliphatic carbocycles. The Morgan fingerprint density at radius 2 is 0.929 bits per heavy atom. The molecule has 0 saturated heterocycles. The summed E-state index contributed by atoms with van der Waals surface area (Å²) in [6.07, 6.45) is 0. The minimum atomic E-state index is -2.85. The van der Waals surface area contributed by atoms with Gasteiger partial charge in [-0.05, 0) is 0 Å². The molecular formula is C12H27OSb. The average Bonchev–Trinajstić information content (AvgIpc) is 1.76. The molecule has 0 N–H and O–H groups in total. The standard InChI is InChI=1S/3C4H9.O.Sb/c3*1-4(2)3;;/h3*4H,1H2,2-3H3;;. The molecule has 0 atom stereocenters. The third-order valence-corrected chi connectivity index (χ3v) is 14.0. The summed E-state index contributed by atoms with van der Waals surface area (Å²) >= 11 is -2.85. The first-order chi connectivity index (χ1) is 6.25. The fraction of sp³-hybridized carbons (Fsp3) is 1.00. The van der Waals surface area contributed by atoms with E-state index in [4.69, 9.17) is 0 Å². The Labute approximate surface area is 94.1 Å². The van der Waals surface area contributed by atoms with Crippen molar-refractivity contribution >= 4 is 18.8 Å². The van der Waals surface area contributed by atoms with Gasteiger partial charge in [-0.1, -0.05) is 0 Å². The molecule has 0 fully saturated rings. The summed E-state index contributed by atoms with van der Waals surface area (Å²) in [6.45, 7) is 13.2. The van der Waals surface area contributed by atoms with Crippen molar-refractivity contribution in [1.29, 1.82) is 0 Å². The first-order valence-electron chi connectivity index (χ1n) is 5.82. The Morgan fingerprint density at radius 3 is 1.07 bits per heavy atom. The second-order valence-electron chi connectivity index (χ2n) is 5.79. The molecule has 0 aliphatic rings. The van der Waals surface area contributed by atoms with E-state index in [1.165, 1.54) is 0 Å². The zero-order valence-electron chi connectivity index (χ0n) is 10.7. The van der Waals surface area contributed by atoms with Crippen LogP contribution in [0.2, 0.25) is 13.1 Å². The van der Waals surface area contributed by atoms with Gasteiger partial charge in [0.1, 0.15) is 0 Å². The molecule has 0 aromatic rings. The number of rotatable bonds is 6. The fourth-order valence-corrected chi connectivity index (χ4v) is 14.9. The molecule has 0 aromatic heterocycles. The van der Waals surface area contributed by atoms with Gasteiger partial charge >= 0.3 is 94.2 Å². The Morgan fingerprint density at radius 1 is 0.714 bits per heavy atom. The third kappa shape index (κ3) is 6.98. The summed E-state index contributed by atoms with van der Waals surface area (Å²) < 4.78 is 15.8. The summed E-state index contributed by atoms with van der Waals surface area (Å²) in [5.41, 5.74) is 0. The monoisotopic (exact) mass is 308 g/mol. The molecule has 0 spiro atoms. The van der Waals surface area contributed by atoms with Crippen molar-refractivity contribution in [3.05, 3.63) is 0 Å². The van der Waals surface area contributed by atoms with Gasteiger partial charge in [0.25, 0.3) is 0 Å². The van der Waals surface area contributed by atoms with E-state index in [0.29, 0.717) is 17.8 Å². The second-order valence-corrected chi connectivity index (χ2v) is 15.0. The van der Waals surface area contributed by atoms with Gasteiger partial charge in [0, 0.05) is 0 Å². The SMILES string of the molecule is CC(C)[CH2][Sb](=[O])([CH2]C(C)C)[CH2]C(C)C. The molecule has 0 rings (SSSR count). The topological polar surface area (TPSA) is 17.1 Å². The molecule has 14 heavy (non-hydrogen) atoms. The van der Waals surface area contributed by atoms with E-state index in [1.54, 1.807) is 0 Å². The van der Waals surface area contributed by atoms with E-state index < -0.39 is 18.8 Å². The molecule has 1 nitrogen and oxygen atoms in total. The quantitative estimate of drug-likeness (QED) is 0.667. The van der Waals surface area contributed by atoms with Crippen LogP contribution in [0.1, 0.15) is 41.5 Å². The van der Waals surface area contributed by atoms with Crippen LogP contribution in [0.25, 0.3) is 0 Å². The van der Waals surface area contributed by atoms with E-state index >= 15 is 0 Å². The van der Waals surface area contributed by atoms with Crippen molar-refractivity contribution in [3.63, 3.8) is 0 Å². The summed E-state index contributed by atoms with van der Waals surface area (Å²) in [7, 11) is 0. The number of hydrogen-bond donors (Lipinski definition) is 0. The van der Waals surface area contributed by atoms with Crippen LogP contribution >= 0.6 is 0 Å². The van der Waals surface area contributed by atoms with Gasteiger partial charge in [0.2, 0.25) is 0 Å². The minimum absolute atomic E-state index is 0.607. The van der Waals surface area contributed by atoms with E-state index in [9.17, 15) is 3.02 Å². The van der Waals surface area contributed by atoms with Gasteiger partial charge in [0.05, 0.1) is 0 Å². The van der Waals surface area contributed by atoms with Crippen LogP contribution in [0.15, 0.2) is 0 Å². The van der Waals surface area contributed by atoms with Crippen LogP contribution in [-0.2, 0) is 3.02 Å². The molecule has 0 bridgehead atoms. The molecular weight excluding hydrogens is 282 g/mol. The summed E-state index contributed by atoms with van der Waals surface area (Å²) in [4.78, 5) is 0. The van der Waals surface area contributed by atoms with Crippen molar-refractivity contribution < 1.29 is 3.02 Å². The van der Waals surface area contributed by atoms with Gasteiger partial charge in [-0.3, -0.25) is 0 Å². The Bertz CT molecular complexity index is 161. The summed E-state index contributed by atoms with van der Waals surface area (Å²) in [6, 6.07) is 0. The van der Waals surface area contributed by atoms with Crippen LogP contribution in [0.3, 0.4) is 0 Å². The second kappa shape index (κ2) is 6.26. The normalized spacial score (nSPS) is 13.2. The van der Waals surface area contributed by atoms with E-state index in [-0.39, 0.29) is 0 Å². The molecule has 0 heterocycles. The van der Waals surface area contributed by atoms with Crippen molar-refractivity contribution in [3.8, 4) is 0 Å². The Kier molecular flexibility index (Phi) is 6.53. The maximum atomic E-state index is 12.7. The van der Waals surface area contributed by atoms with Crippen LogP contribution in [-0.4, -0.2) is 18.8 Å². The summed E-state index contributed by atoms with van der Waals surface area (Å²) in [5, 5.41) is 0. The first-order valence-corrected chi connectivity index (χ1v) is 12.3. The average molecular weight is 309 g/mol. The molecule has 0 radical (unpaired) electrons. The molecule has 0 saturated carbocycles. The van der Waals surface area contributed by atoms with E-state index in [2.05, 4.69) is 41.5 Å². The zero-order valence-corrected chi connectivity index (χ0v) is 13.3. The molecule has 0 unspecified atom stereocenters. The molecule has 0 aliphatic heterocycles. The molecule has 2 heteroatoms. The van der Waals surface area contributed by atoms with Crippen molar-refractivity contribution in [2.24, 2.45) is 17.8 Å². The van der Waals surface area contributed by atoms with E-state index in [0.717, 1.165) is 13.1 Å². The van der Waals surface area contributed by atoms with Crippen molar-refractivity contribution in [2.75, 3.05) is 0 Å². The zero-order chi connectivity index (χ0) is 11.4. The van der Waals surface area contributed by atoms with Crippen LogP contribution < -0.4 is 0 Å². The van der Waals surface area contributed by atoms with Crippen LogP contribution in [0, 0.1) is 17.8 Å². The molecule has 86 valence electrons. The fourth-order valence-electron chi connectivity index (χ4n) is 2.22. The van der Waals surface area contributed by atoms with Gasteiger partial charge in [0.15, 0.2) is 0 Å². The van der Waals surface area contributed by atoms with Crippen molar-refractivity contribution in [2.45, 2.75) is 54.6 Å². The van der Waals surface area contributed by atoms with E-state index in [1.807, 2.05) is 0 Å². The Hall–Kier alpha value is 0.618. The molecule has 0 aromatic carbocycles. The van der Waals surface area contributed by atoms with Gasteiger partial charge in [-0.15, -0.1) is 0 Å². The van der Waals surface area contributed by atoms with Crippen LogP contribution in [0.5, 0.6) is 0 Å². The predicted octanol–water partition coefficient (Wildman–Crippen LogP) is 4.33. The summed E-state index contributed by atoms with van der Waals surface area (Å²) in [5.74, 6) is 1.82. The van der Waals surface area contributed by atoms with Gasteiger partial charge < -0.3 is 0 Å². The predicted molar refractivity (Wildman–Crippen MR) is 65.4 cm³/mol. The van der Waals surface area contributed by atoms with Crippen molar-refractivity contribution in [1.82, 2.24) is 0 Å². The number of hydrogen-bond acceptors (Lipinski definition) is 1. The molecule has 0 amide bonds. The first kappa shape index (κ1) is 14.6. The van der Waals surface area contributed by atoms with Gasteiger partial charge in [-0.2, -0.15) is 0 Å².